The molecule has 1 aromatic heterocycles. The molecule has 35 heavy (non-hydrogen) atoms. The fourth-order valence-electron chi connectivity index (χ4n) is 3.62. The van der Waals surface area contributed by atoms with Crippen LogP contribution < -0.4 is 19.5 Å². The second kappa shape index (κ2) is 11.5. The highest BCUT2D eigenvalue weighted by Gasteiger charge is 2.19. The van der Waals surface area contributed by atoms with Gasteiger partial charge in [-0.15, -0.1) is 11.3 Å². The van der Waals surface area contributed by atoms with Crippen LogP contribution in [0.2, 0.25) is 0 Å². The molecule has 180 valence electrons. The SMILES string of the molecule is CCOc1cc(C(=O)Nc2nc(-c3ccc(-c4ccccc4)cc3)cs2)cc(OCC)c1OCC. The van der Waals surface area contributed by atoms with E-state index in [1.807, 2.05) is 56.5 Å². The lowest BCUT2D eigenvalue weighted by atomic mass is 10.0. The molecular weight excluding hydrogens is 460 g/mol. The number of benzene rings is 3. The molecule has 0 bridgehead atoms. The number of ether oxygens (including phenoxy) is 3. The molecule has 0 aliphatic heterocycles. The minimum absolute atomic E-state index is 0.296. The van der Waals surface area contributed by atoms with Crippen molar-refractivity contribution in [3.8, 4) is 39.6 Å². The molecule has 4 rings (SSSR count). The molecule has 3 aromatic carbocycles. The van der Waals surface area contributed by atoms with Gasteiger partial charge < -0.3 is 14.2 Å². The summed E-state index contributed by atoms with van der Waals surface area (Å²) in [6, 6.07) is 21.8. The summed E-state index contributed by atoms with van der Waals surface area (Å²) in [7, 11) is 0. The first-order chi connectivity index (χ1) is 17.1. The number of aromatic nitrogens is 1. The fourth-order valence-corrected chi connectivity index (χ4v) is 4.33. The summed E-state index contributed by atoms with van der Waals surface area (Å²) < 4.78 is 17.2. The van der Waals surface area contributed by atoms with E-state index in [4.69, 9.17) is 14.2 Å². The third-order valence-electron chi connectivity index (χ3n) is 5.18. The van der Waals surface area contributed by atoms with Gasteiger partial charge >= 0.3 is 0 Å². The second-order valence-corrected chi connectivity index (χ2v) is 8.39. The number of hydrogen-bond acceptors (Lipinski definition) is 6. The third-order valence-corrected chi connectivity index (χ3v) is 5.94. The Hall–Kier alpha value is -3.84. The molecule has 6 nitrogen and oxygen atoms in total. The van der Waals surface area contributed by atoms with Gasteiger partial charge in [0.15, 0.2) is 16.6 Å². The van der Waals surface area contributed by atoms with Crippen molar-refractivity contribution in [1.82, 2.24) is 4.98 Å². The summed E-state index contributed by atoms with van der Waals surface area (Å²) in [6.07, 6.45) is 0. The van der Waals surface area contributed by atoms with Crippen molar-refractivity contribution in [2.75, 3.05) is 25.1 Å². The Morgan fingerprint density at radius 2 is 1.37 bits per heavy atom. The van der Waals surface area contributed by atoms with E-state index in [-0.39, 0.29) is 5.91 Å². The number of hydrogen-bond donors (Lipinski definition) is 1. The van der Waals surface area contributed by atoms with Gasteiger partial charge in [0.05, 0.1) is 25.5 Å². The van der Waals surface area contributed by atoms with Crippen LogP contribution in [0.15, 0.2) is 72.1 Å². The average Bonchev–Trinajstić information content (AvgIpc) is 3.35. The van der Waals surface area contributed by atoms with Gasteiger partial charge in [0.25, 0.3) is 5.91 Å². The molecule has 0 fully saturated rings. The van der Waals surface area contributed by atoms with E-state index in [2.05, 4.69) is 34.6 Å². The zero-order valence-electron chi connectivity index (χ0n) is 20.0. The standard InChI is InChI=1S/C28H28N2O4S/c1-4-32-24-16-22(17-25(33-5-2)26(24)34-6-3)27(31)30-28-29-23(18-35-28)21-14-12-20(13-15-21)19-10-8-7-9-11-19/h7-18H,4-6H2,1-3H3,(H,29,30,31). The summed E-state index contributed by atoms with van der Waals surface area (Å²) in [5.74, 6) is 1.16. The maximum Gasteiger partial charge on any atom is 0.257 e. The third kappa shape index (κ3) is 5.81. The maximum atomic E-state index is 13.0. The topological polar surface area (TPSA) is 69.7 Å². The molecule has 0 unspecified atom stereocenters. The summed E-state index contributed by atoms with van der Waals surface area (Å²) in [6.45, 7) is 6.99. The maximum absolute atomic E-state index is 13.0. The molecule has 0 saturated heterocycles. The van der Waals surface area contributed by atoms with Crippen molar-refractivity contribution in [2.24, 2.45) is 0 Å². The van der Waals surface area contributed by atoms with Crippen molar-refractivity contribution >= 4 is 22.4 Å². The Morgan fingerprint density at radius 1 is 0.800 bits per heavy atom. The van der Waals surface area contributed by atoms with E-state index < -0.39 is 0 Å². The minimum atomic E-state index is -0.296. The van der Waals surface area contributed by atoms with Crippen LogP contribution in [0.25, 0.3) is 22.4 Å². The van der Waals surface area contributed by atoms with Gasteiger partial charge in [-0.05, 0) is 44.0 Å². The van der Waals surface area contributed by atoms with E-state index in [9.17, 15) is 4.79 Å². The Bertz CT molecular complexity index is 1240. The van der Waals surface area contributed by atoms with Crippen molar-refractivity contribution < 1.29 is 19.0 Å². The highest BCUT2D eigenvalue weighted by Crippen LogP contribution is 2.39. The van der Waals surface area contributed by atoms with Gasteiger partial charge in [-0.3, -0.25) is 10.1 Å². The van der Waals surface area contributed by atoms with Gasteiger partial charge in [-0.2, -0.15) is 0 Å². The van der Waals surface area contributed by atoms with E-state index in [0.717, 1.165) is 16.8 Å². The van der Waals surface area contributed by atoms with Crippen LogP contribution >= 0.6 is 11.3 Å². The first-order valence-corrected chi connectivity index (χ1v) is 12.5. The van der Waals surface area contributed by atoms with Crippen molar-refractivity contribution in [2.45, 2.75) is 20.8 Å². The smallest absolute Gasteiger partial charge is 0.257 e. The molecule has 0 radical (unpaired) electrons. The van der Waals surface area contributed by atoms with E-state index in [0.29, 0.717) is 47.8 Å². The average molecular weight is 489 g/mol. The van der Waals surface area contributed by atoms with Gasteiger partial charge in [0, 0.05) is 16.5 Å². The normalized spacial score (nSPS) is 10.6. The number of amides is 1. The molecule has 0 saturated carbocycles. The Morgan fingerprint density at radius 3 is 1.97 bits per heavy atom. The minimum Gasteiger partial charge on any atom is -0.490 e. The summed E-state index contributed by atoms with van der Waals surface area (Å²) in [5.41, 5.74) is 4.51. The Kier molecular flexibility index (Phi) is 8.00. The summed E-state index contributed by atoms with van der Waals surface area (Å²) in [5, 5.41) is 5.34. The van der Waals surface area contributed by atoms with Crippen LogP contribution in [0.5, 0.6) is 17.2 Å². The first kappa shape index (κ1) is 24.3. The summed E-state index contributed by atoms with van der Waals surface area (Å²) in [4.78, 5) is 17.7. The molecule has 0 spiro atoms. The lowest BCUT2D eigenvalue weighted by Crippen LogP contribution is -2.13. The predicted molar refractivity (Wildman–Crippen MR) is 141 cm³/mol. The van der Waals surface area contributed by atoms with Crippen LogP contribution in [0.4, 0.5) is 5.13 Å². The predicted octanol–water partition coefficient (Wildman–Crippen LogP) is 6.93. The first-order valence-electron chi connectivity index (χ1n) is 11.6. The molecule has 1 heterocycles. The largest absolute Gasteiger partial charge is 0.490 e. The number of anilines is 1. The number of carbonyl (C=O) groups excluding carboxylic acids is 1. The number of carbonyl (C=O) groups is 1. The Labute approximate surface area is 209 Å². The molecule has 7 heteroatoms. The van der Waals surface area contributed by atoms with Gasteiger partial charge in [-0.1, -0.05) is 54.6 Å². The number of nitrogens with zero attached hydrogens (tertiary/aromatic N) is 1. The lowest BCUT2D eigenvalue weighted by molar-refractivity contribution is 0.102. The van der Waals surface area contributed by atoms with Gasteiger partial charge in [0.2, 0.25) is 5.75 Å². The van der Waals surface area contributed by atoms with Crippen LogP contribution in [0.1, 0.15) is 31.1 Å². The van der Waals surface area contributed by atoms with Crippen LogP contribution in [0, 0.1) is 0 Å². The Balaban J connectivity index is 1.52. The van der Waals surface area contributed by atoms with Gasteiger partial charge in [-0.25, -0.2) is 4.98 Å². The highest BCUT2D eigenvalue weighted by atomic mass is 32.1. The van der Waals surface area contributed by atoms with Crippen LogP contribution in [-0.2, 0) is 0 Å². The highest BCUT2D eigenvalue weighted by molar-refractivity contribution is 7.14. The zero-order valence-corrected chi connectivity index (χ0v) is 20.9. The molecule has 4 aromatic rings. The molecule has 1 N–H and O–H groups in total. The molecule has 1 amide bonds. The van der Waals surface area contributed by atoms with Crippen LogP contribution in [0.3, 0.4) is 0 Å². The monoisotopic (exact) mass is 488 g/mol. The van der Waals surface area contributed by atoms with E-state index in [1.165, 1.54) is 16.9 Å². The lowest BCUT2D eigenvalue weighted by Gasteiger charge is -2.16. The number of nitrogens with one attached hydrogen (secondary N) is 1. The zero-order chi connectivity index (χ0) is 24.6. The number of rotatable bonds is 10. The van der Waals surface area contributed by atoms with Crippen LogP contribution in [-0.4, -0.2) is 30.7 Å². The molecule has 0 aliphatic carbocycles. The van der Waals surface area contributed by atoms with Crippen molar-refractivity contribution in [3.05, 3.63) is 77.7 Å². The second-order valence-electron chi connectivity index (χ2n) is 7.54. The molecule has 0 atom stereocenters. The molecular formula is C28H28N2O4S. The summed E-state index contributed by atoms with van der Waals surface area (Å²) >= 11 is 1.38. The number of thiazole rings is 1. The van der Waals surface area contributed by atoms with E-state index >= 15 is 0 Å². The quantitative estimate of drug-likeness (QED) is 0.262. The van der Waals surface area contributed by atoms with E-state index in [1.54, 1.807) is 12.1 Å². The fraction of sp³-hybridized carbons (Fsp3) is 0.214. The van der Waals surface area contributed by atoms with Crippen molar-refractivity contribution in [1.29, 1.82) is 0 Å². The van der Waals surface area contributed by atoms with Crippen molar-refractivity contribution in [3.63, 3.8) is 0 Å². The van der Waals surface area contributed by atoms with Gasteiger partial charge in [0.1, 0.15) is 0 Å². The molecule has 0 aliphatic rings.